The Morgan fingerprint density at radius 3 is 2.56 bits per heavy atom. The summed E-state index contributed by atoms with van der Waals surface area (Å²) in [7, 11) is 1.67. The lowest BCUT2D eigenvalue weighted by Crippen LogP contribution is -2.39. The molecule has 216 valence electrons. The first kappa shape index (κ1) is 29.1. The fraction of sp³-hybridized carbons (Fsp3) is 0.364. The molecule has 3 aromatic rings. The lowest BCUT2D eigenvalue weighted by atomic mass is 9.92. The molecule has 0 unspecified atom stereocenters. The van der Waals surface area contributed by atoms with Crippen LogP contribution in [0.5, 0.6) is 11.5 Å². The van der Waals surface area contributed by atoms with Crippen LogP contribution < -0.4 is 14.8 Å². The molecule has 0 spiro atoms. The molecule has 1 amide bonds. The van der Waals surface area contributed by atoms with Gasteiger partial charge in [-0.15, -0.1) is 0 Å². The van der Waals surface area contributed by atoms with Crippen molar-refractivity contribution in [2.24, 2.45) is 0 Å². The Morgan fingerprint density at radius 1 is 1.07 bits per heavy atom. The first-order valence-electron chi connectivity index (χ1n) is 14.1. The van der Waals surface area contributed by atoms with E-state index in [0.717, 1.165) is 77.1 Å². The molecule has 1 heterocycles. The van der Waals surface area contributed by atoms with E-state index in [1.54, 1.807) is 7.11 Å². The highest BCUT2D eigenvalue weighted by molar-refractivity contribution is 6.32. The molecular formula is C33H35ClF2N2O3. The van der Waals surface area contributed by atoms with E-state index in [2.05, 4.69) is 35.6 Å². The number of amides is 1. The number of methoxy groups -OCH3 is 1. The quantitative estimate of drug-likeness (QED) is 0.198. The minimum Gasteiger partial charge on any atom is -0.496 e. The minimum absolute atomic E-state index is 0.0985. The van der Waals surface area contributed by atoms with Crippen molar-refractivity contribution in [3.8, 4) is 11.5 Å². The molecule has 0 aromatic heterocycles. The highest BCUT2D eigenvalue weighted by atomic mass is 35.5. The number of hydrogen-bond donors (Lipinski definition) is 1. The molecule has 1 N–H and O–H groups in total. The third kappa shape index (κ3) is 6.74. The number of hydrogen-bond acceptors (Lipinski definition) is 4. The Bertz CT molecular complexity index is 1440. The summed E-state index contributed by atoms with van der Waals surface area (Å²) in [5.74, 6) is -0.707. The van der Waals surface area contributed by atoms with Crippen molar-refractivity contribution in [3.63, 3.8) is 0 Å². The van der Waals surface area contributed by atoms with Crippen LogP contribution in [-0.4, -0.2) is 43.7 Å². The van der Waals surface area contributed by atoms with Gasteiger partial charge in [0, 0.05) is 24.7 Å². The van der Waals surface area contributed by atoms with Gasteiger partial charge in [0.15, 0.2) is 11.6 Å². The Balaban J connectivity index is 1.27. The molecule has 5 nitrogen and oxygen atoms in total. The van der Waals surface area contributed by atoms with Crippen LogP contribution in [0.15, 0.2) is 60.2 Å². The molecule has 8 heteroatoms. The molecule has 0 radical (unpaired) electrons. The molecule has 3 aromatic carbocycles. The maximum Gasteiger partial charge on any atom is 0.251 e. The number of halogens is 3. The summed E-state index contributed by atoms with van der Waals surface area (Å²) < 4.78 is 38.5. The van der Waals surface area contributed by atoms with Crippen LogP contribution in [0.1, 0.15) is 47.9 Å². The lowest BCUT2D eigenvalue weighted by molar-refractivity contribution is -0.128. The molecule has 0 atom stereocenters. The van der Waals surface area contributed by atoms with E-state index in [0.29, 0.717) is 25.9 Å². The van der Waals surface area contributed by atoms with E-state index in [4.69, 9.17) is 21.1 Å². The van der Waals surface area contributed by atoms with Crippen molar-refractivity contribution in [1.29, 1.82) is 0 Å². The van der Waals surface area contributed by atoms with Crippen molar-refractivity contribution in [1.82, 2.24) is 10.2 Å². The second kappa shape index (κ2) is 13.0. The number of carbonyl (C=O) groups excluding carboxylic acids is 1. The van der Waals surface area contributed by atoms with Gasteiger partial charge in [-0.05, 0) is 91.6 Å². The number of benzene rings is 3. The number of nitrogens with one attached hydrogen (secondary N) is 1. The van der Waals surface area contributed by atoms with Crippen molar-refractivity contribution >= 4 is 23.1 Å². The van der Waals surface area contributed by atoms with Crippen LogP contribution >= 0.6 is 11.6 Å². The SMILES string of the molecule is COc1cccc(CN(C(=O)C2=C(c3ccc(CCCOc4c(F)ccc(F)c4Cl)cc3)CCNC2)C2CC2)c1C. The maximum atomic E-state index is 14.0. The number of ether oxygens (including phenoxy) is 2. The summed E-state index contributed by atoms with van der Waals surface area (Å²) in [4.78, 5) is 16.0. The highest BCUT2D eigenvalue weighted by Crippen LogP contribution is 2.34. The van der Waals surface area contributed by atoms with Gasteiger partial charge in [0.2, 0.25) is 0 Å². The van der Waals surface area contributed by atoms with E-state index in [1.165, 1.54) is 0 Å². The second-order valence-electron chi connectivity index (χ2n) is 10.6. The normalized spacial score (nSPS) is 15.1. The molecule has 41 heavy (non-hydrogen) atoms. The summed E-state index contributed by atoms with van der Waals surface area (Å²) in [5.41, 5.74) is 6.24. The van der Waals surface area contributed by atoms with E-state index < -0.39 is 11.6 Å². The van der Waals surface area contributed by atoms with Gasteiger partial charge in [-0.1, -0.05) is 48.0 Å². The predicted octanol–water partition coefficient (Wildman–Crippen LogP) is 6.88. The molecule has 1 fully saturated rings. The summed E-state index contributed by atoms with van der Waals surface area (Å²) in [5, 5.41) is 3.06. The number of nitrogens with zero attached hydrogens (tertiary/aromatic N) is 1. The van der Waals surface area contributed by atoms with Gasteiger partial charge in [0.1, 0.15) is 16.6 Å². The summed E-state index contributed by atoms with van der Waals surface area (Å²) >= 11 is 5.84. The van der Waals surface area contributed by atoms with Crippen molar-refractivity contribution in [2.75, 3.05) is 26.8 Å². The van der Waals surface area contributed by atoms with E-state index in [-0.39, 0.29) is 29.3 Å². The largest absolute Gasteiger partial charge is 0.496 e. The molecule has 5 rings (SSSR count). The van der Waals surface area contributed by atoms with Crippen LogP contribution in [0, 0.1) is 18.6 Å². The van der Waals surface area contributed by atoms with Crippen molar-refractivity contribution in [3.05, 3.63) is 99.1 Å². The Morgan fingerprint density at radius 2 is 1.83 bits per heavy atom. The van der Waals surface area contributed by atoms with Crippen molar-refractivity contribution < 1.29 is 23.0 Å². The van der Waals surface area contributed by atoms with Gasteiger partial charge in [0.05, 0.1) is 13.7 Å². The van der Waals surface area contributed by atoms with Crippen LogP contribution in [0.3, 0.4) is 0 Å². The summed E-state index contributed by atoms with van der Waals surface area (Å²) in [6.07, 6.45) is 4.16. The minimum atomic E-state index is -0.709. The van der Waals surface area contributed by atoms with Gasteiger partial charge in [0.25, 0.3) is 5.91 Å². The second-order valence-corrected chi connectivity index (χ2v) is 11.0. The topological polar surface area (TPSA) is 50.8 Å². The Hall–Kier alpha value is -3.42. The molecule has 1 saturated carbocycles. The smallest absolute Gasteiger partial charge is 0.251 e. The average molecular weight is 581 g/mol. The van der Waals surface area contributed by atoms with Gasteiger partial charge in [-0.3, -0.25) is 4.79 Å². The first-order valence-corrected chi connectivity index (χ1v) is 14.5. The molecular weight excluding hydrogens is 546 g/mol. The van der Waals surface area contributed by atoms with Gasteiger partial charge in [-0.25, -0.2) is 8.78 Å². The molecule has 1 aliphatic carbocycles. The zero-order valence-corrected chi connectivity index (χ0v) is 24.2. The fourth-order valence-electron chi connectivity index (χ4n) is 5.33. The standard InChI is InChI=1S/C33H35ClF2N2O3/c1-21-24(6-3-7-30(21)40-2)20-38(25-12-13-25)33(39)27-19-37-17-16-26(27)23-10-8-22(9-11-23)5-4-18-41-32-29(36)15-14-28(35)31(32)34/h3,6-11,14-15,25,37H,4-5,12-13,16-20H2,1-2H3. The third-order valence-corrected chi connectivity index (χ3v) is 8.19. The van der Waals surface area contributed by atoms with E-state index >= 15 is 0 Å². The lowest BCUT2D eigenvalue weighted by Gasteiger charge is -2.29. The predicted molar refractivity (Wildman–Crippen MR) is 157 cm³/mol. The van der Waals surface area contributed by atoms with Gasteiger partial charge >= 0.3 is 0 Å². The zero-order chi connectivity index (χ0) is 28.9. The van der Waals surface area contributed by atoms with E-state index in [1.807, 2.05) is 24.0 Å². The third-order valence-electron chi connectivity index (χ3n) is 7.84. The molecule has 1 aliphatic heterocycles. The Kier molecular flexibility index (Phi) is 9.25. The average Bonchev–Trinajstić information content (AvgIpc) is 3.84. The van der Waals surface area contributed by atoms with Crippen LogP contribution in [0.2, 0.25) is 5.02 Å². The van der Waals surface area contributed by atoms with Crippen LogP contribution in [-0.2, 0) is 17.8 Å². The van der Waals surface area contributed by atoms with Crippen molar-refractivity contribution in [2.45, 2.75) is 51.6 Å². The zero-order valence-electron chi connectivity index (χ0n) is 23.4. The summed E-state index contributed by atoms with van der Waals surface area (Å²) in [6, 6.07) is 16.5. The molecule has 0 saturated heterocycles. The first-order chi connectivity index (χ1) is 19.9. The number of aryl methyl sites for hydroxylation is 1. The number of rotatable bonds is 11. The molecule has 0 bridgehead atoms. The molecule has 2 aliphatic rings. The monoisotopic (exact) mass is 580 g/mol. The van der Waals surface area contributed by atoms with Gasteiger partial charge in [-0.2, -0.15) is 0 Å². The number of carbonyl (C=O) groups is 1. The van der Waals surface area contributed by atoms with Crippen LogP contribution in [0.25, 0.3) is 5.57 Å². The van der Waals surface area contributed by atoms with E-state index in [9.17, 15) is 13.6 Å². The van der Waals surface area contributed by atoms with Crippen LogP contribution in [0.4, 0.5) is 8.78 Å². The maximum absolute atomic E-state index is 14.0. The summed E-state index contributed by atoms with van der Waals surface area (Å²) in [6.45, 7) is 4.19. The highest BCUT2D eigenvalue weighted by Gasteiger charge is 2.35. The Labute approximate surface area is 245 Å². The van der Waals surface area contributed by atoms with Gasteiger partial charge < -0.3 is 19.7 Å². The fourth-order valence-corrected chi connectivity index (χ4v) is 5.54.